The van der Waals surface area contributed by atoms with Gasteiger partial charge in [-0.2, -0.15) is 0 Å². The zero-order valence-electron chi connectivity index (χ0n) is 11.5. The van der Waals surface area contributed by atoms with E-state index in [1.54, 1.807) is 24.3 Å². The molecule has 0 bridgehead atoms. The Kier molecular flexibility index (Phi) is 5.39. The molecule has 0 amide bonds. The maximum absolute atomic E-state index is 13.8. The number of hydrogen-bond donors (Lipinski definition) is 0. The third-order valence-electron chi connectivity index (χ3n) is 2.73. The first kappa shape index (κ1) is 15.6. The molecule has 0 atom stereocenters. The molecule has 0 spiro atoms. The first-order chi connectivity index (χ1) is 10.1. The van der Waals surface area contributed by atoms with Crippen molar-refractivity contribution in [1.82, 2.24) is 0 Å². The van der Waals surface area contributed by atoms with Gasteiger partial charge in [0.15, 0.2) is 17.4 Å². The zero-order valence-corrected chi connectivity index (χ0v) is 12.3. The molecule has 0 saturated heterocycles. The molecule has 21 heavy (non-hydrogen) atoms. The first-order valence-electron chi connectivity index (χ1n) is 6.58. The van der Waals surface area contributed by atoms with Gasteiger partial charge in [0.05, 0.1) is 6.61 Å². The second kappa shape index (κ2) is 7.27. The Morgan fingerprint density at radius 3 is 2.10 bits per heavy atom. The van der Waals surface area contributed by atoms with Gasteiger partial charge in [-0.15, -0.1) is 11.6 Å². The van der Waals surface area contributed by atoms with Crippen LogP contribution >= 0.6 is 11.6 Å². The van der Waals surface area contributed by atoms with Crippen LogP contribution in [-0.2, 0) is 5.88 Å². The minimum Gasteiger partial charge on any atom is -0.494 e. The molecule has 0 heterocycles. The van der Waals surface area contributed by atoms with Gasteiger partial charge >= 0.3 is 0 Å². The van der Waals surface area contributed by atoms with E-state index in [4.69, 9.17) is 21.1 Å². The maximum Gasteiger partial charge on any atom is 0.198 e. The highest BCUT2D eigenvalue weighted by molar-refractivity contribution is 6.17. The third kappa shape index (κ3) is 4.08. The standard InChI is InChI=1S/C16H15ClF2O2/c1-2-7-20-12-3-5-13(6-4-12)21-16-14(18)8-11(10-17)9-15(16)19/h3-6,8-9H,2,7,10H2,1H3. The lowest BCUT2D eigenvalue weighted by atomic mass is 10.2. The predicted molar refractivity (Wildman–Crippen MR) is 78.2 cm³/mol. The van der Waals surface area contributed by atoms with Crippen LogP contribution in [0.15, 0.2) is 36.4 Å². The van der Waals surface area contributed by atoms with Gasteiger partial charge in [-0.1, -0.05) is 6.92 Å². The van der Waals surface area contributed by atoms with Crippen molar-refractivity contribution in [1.29, 1.82) is 0 Å². The van der Waals surface area contributed by atoms with Crippen molar-refractivity contribution in [3.63, 3.8) is 0 Å². The molecule has 0 radical (unpaired) electrons. The summed E-state index contributed by atoms with van der Waals surface area (Å²) < 4.78 is 38.2. The second-order valence-corrected chi connectivity index (χ2v) is 4.71. The van der Waals surface area contributed by atoms with E-state index >= 15 is 0 Å². The molecule has 0 aliphatic carbocycles. The van der Waals surface area contributed by atoms with Gasteiger partial charge in [-0.05, 0) is 48.4 Å². The summed E-state index contributed by atoms with van der Waals surface area (Å²) in [5.41, 5.74) is 0.363. The van der Waals surface area contributed by atoms with Gasteiger partial charge in [-0.3, -0.25) is 0 Å². The van der Waals surface area contributed by atoms with Crippen LogP contribution in [0.1, 0.15) is 18.9 Å². The molecule has 0 saturated carbocycles. The fourth-order valence-corrected chi connectivity index (χ4v) is 1.88. The summed E-state index contributed by atoms with van der Waals surface area (Å²) >= 11 is 5.55. The van der Waals surface area contributed by atoms with Gasteiger partial charge in [0.25, 0.3) is 0 Å². The zero-order chi connectivity index (χ0) is 15.2. The van der Waals surface area contributed by atoms with E-state index in [2.05, 4.69) is 0 Å². The van der Waals surface area contributed by atoms with Crippen molar-refractivity contribution in [3.8, 4) is 17.2 Å². The van der Waals surface area contributed by atoms with E-state index in [0.29, 0.717) is 23.7 Å². The van der Waals surface area contributed by atoms with Gasteiger partial charge < -0.3 is 9.47 Å². The summed E-state index contributed by atoms with van der Waals surface area (Å²) in [4.78, 5) is 0. The molecular weight excluding hydrogens is 298 g/mol. The Labute approximate surface area is 127 Å². The molecule has 2 aromatic rings. The van der Waals surface area contributed by atoms with Crippen molar-refractivity contribution in [2.24, 2.45) is 0 Å². The highest BCUT2D eigenvalue weighted by Crippen LogP contribution is 2.30. The summed E-state index contributed by atoms with van der Waals surface area (Å²) in [7, 11) is 0. The van der Waals surface area contributed by atoms with Gasteiger partial charge in [0, 0.05) is 5.88 Å². The average molecular weight is 313 g/mol. The minimum absolute atomic E-state index is 0.0393. The minimum atomic E-state index is -0.781. The monoisotopic (exact) mass is 312 g/mol. The summed E-state index contributed by atoms with van der Waals surface area (Å²) in [6, 6.07) is 8.88. The van der Waals surface area contributed by atoms with E-state index in [0.717, 1.165) is 18.6 Å². The van der Waals surface area contributed by atoms with E-state index in [1.807, 2.05) is 6.92 Å². The quantitative estimate of drug-likeness (QED) is 0.675. The molecule has 112 valence electrons. The Balaban J connectivity index is 2.14. The smallest absolute Gasteiger partial charge is 0.198 e. The normalized spacial score (nSPS) is 10.5. The van der Waals surface area contributed by atoms with Crippen molar-refractivity contribution < 1.29 is 18.3 Å². The van der Waals surface area contributed by atoms with E-state index in [-0.39, 0.29) is 5.88 Å². The molecule has 0 aromatic heterocycles. The number of alkyl halides is 1. The van der Waals surface area contributed by atoms with E-state index in [9.17, 15) is 8.78 Å². The molecule has 0 fully saturated rings. The Bertz CT molecular complexity index is 577. The molecule has 0 N–H and O–H groups in total. The molecule has 0 aliphatic heterocycles. The summed E-state index contributed by atoms with van der Waals surface area (Å²) in [5, 5.41) is 0. The number of ether oxygens (including phenoxy) is 2. The van der Waals surface area contributed by atoms with Crippen molar-refractivity contribution in [2.75, 3.05) is 6.61 Å². The fraction of sp³-hybridized carbons (Fsp3) is 0.250. The summed E-state index contributed by atoms with van der Waals surface area (Å²) in [5.74, 6) is -0.949. The highest BCUT2D eigenvalue weighted by Gasteiger charge is 2.13. The summed E-state index contributed by atoms with van der Waals surface area (Å²) in [6.45, 7) is 2.62. The number of hydrogen-bond acceptors (Lipinski definition) is 2. The maximum atomic E-state index is 13.8. The van der Waals surface area contributed by atoms with Crippen LogP contribution < -0.4 is 9.47 Å². The van der Waals surface area contributed by atoms with E-state index in [1.165, 1.54) is 0 Å². The largest absolute Gasteiger partial charge is 0.494 e. The van der Waals surface area contributed by atoms with Crippen molar-refractivity contribution in [2.45, 2.75) is 19.2 Å². The molecule has 0 aliphatic rings. The fourth-order valence-electron chi connectivity index (χ4n) is 1.73. The summed E-state index contributed by atoms with van der Waals surface area (Å²) in [6.07, 6.45) is 0.904. The van der Waals surface area contributed by atoms with Crippen LogP contribution in [0.3, 0.4) is 0 Å². The predicted octanol–water partition coefficient (Wildman–Crippen LogP) is 5.28. The lowest BCUT2D eigenvalue weighted by Crippen LogP contribution is -1.96. The molecule has 5 heteroatoms. The molecule has 2 rings (SSSR count). The van der Waals surface area contributed by atoms with Gasteiger partial charge in [-0.25, -0.2) is 8.78 Å². The Morgan fingerprint density at radius 1 is 1.00 bits per heavy atom. The number of benzene rings is 2. The highest BCUT2D eigenvalue weighted by atomic mass is 35.5. The van der Waals surface area contributed by atoms with Crippen molar-refractivity contribution >= 4 is 11.6 Å². The lowest BCUT2D eigenvalue weighted by molar-refractivity contribution is 0.317. The van der Waals surface area contributed by atoms with Gasteiger partial charge in [0.1, 0.15) is 11.5 Å². The van der Waals surface area contributed by atoms with Crippen LogP contribution in [0.4, 0.5) is 8.78 Å². The molecule has 0 unspecified atom stereocenters. The number of rotatable bonds is 6. The lowest BCUT2D eigenvalue weighted by Gasteiger charge is -2.10. The number of halogens is 3. The molecule has 2 aromatic carbocycles. The topological polar surface area (TPSA) is 18.5 Å². The van der Waals surface area contributed by atoms with Gasteiger partial charge in [0.2, 0.25) is 0 Å². The Hall–Kier alpha value is -1.81. The SMILES string of the molecule is CCCOc1ccc(Oc2c(F)cc(CCl)cc2F)cc1. The van der Waals surface area contributed by atoms with E-state index < -0.39 is 17.4 Å². The van der Waals surface area contributed by atoms with Crippen LogP contribution in [0.2, 0.25) is 0 Å². The first-order valence-corrected chi connectivity index (χ1v) is 7.12. The average Bonchev–Trinajstić information content (AvgIpc) is 2.49. The molecular formula is C16H15ClF2O2. The van der Waals surface area contributed by atoms with Crippen LogP contribution in [0.5, 0.6) is 17.2 Å². The van der Waals surface area contributed by atoms with Crippen LogP contribution in [0.25, 0.3) is 0 Å². The van der Waals surface area contributed by atoms with Crippen LogP contribution in [0, 0.1) is 11.6 Å². The Morgan fingerprint density at radius 2 is 1.57 bits per heavy atom. The third-order valence-corrected chi connectivity index (χ3v) is 3.04. The second-order valence-electron chi connectivity index (χ2n) is 4.44. The van der Waals surface area contributed by atoms with Crippen molar-refractivity contribution in [3.05, 3.63) is 53.6 Å². The molecule has 2 nitrogen and oxygen atoms in total. The van der Waals surface area contributed by atoms with Crippen LogP contribution in [-0.4, -0.2) is 6.61 Å².